The zero-order chi connectivity index (χ0) is 7.98. The zero-order valence-corrected chi connectivity index (χ0v) is 7.35. The SMILES string of the molecule is C[Se]CC[C@H](NF)C(=O)O. The fourth-order valence-corrected chi connectivity index (χ4v) is 1.45. The second-order valence-electron chi connectivity index (χ2n) is 1.78. The molecule has 0 aromatic carbocycles. The Morgan fingerprint density at radius 2 is 2.50 bits per heavy atom. The van der Waals surface area contributed by atoms with Gasteiger partial charge in [0.2, 0.25) is 0 Å². The molecule has 2 N–H and O–H groups in total. The summed E-state index contributed by atoms with van der Waals surface area (Å²) in [7, 11) is 0. The van der Waals surface area contributed by atoms with Crippen LogP contribution in [0, 0.1) is 0 Å². The summed E-state index contributed by atoms with van der Waals surface area (Å²) in [6, 6.07) is -1.01. The normalized spacial score (nSPS) is 13.0. The van der Waals surface area contributed by atoms with Gasteiger partial charge in [0.1, 0.15) is 0 Å². The Bertz CT molecular complexity index is 112. The van der Waals surface area contributed by atoms with Gasteiger partial charge in [-0.05, 0) is 0 Å². The molecule has 1 atom stereocenters. The van der Waals surface area contributed by atoms with Gasteiger partial charge in [-0.25, -0.2) is 0 Å². The predicted molar refractivity (Wildman–Crippen MR) is 36.7 cm³/mol. The van der Waals surface area contributed by atoms with Crippen LogP contribution in [-0.2, 0) is 4.79 Å². The molecule has 0 radical (unpaired) electrons. The predicted octanol–water partition coefficient (Wildman–Crippen LogP) is 0.474. The third-order valence-electron chi connectivity index (χ3n) is 1.04. The van der Waals surface area contributed by atoms with Gasteiger partial charge in [-0.3, -0.25) is 0 Å². The number of rotatable bonds is 5. The van der Waals surface area contributed by atoms with Crippen molar-refractivity contribution < 1.29 is 14.4 Å². The van der Waals surface area contributed by atoms with E-state index in [4.69, 9.17) is 5.11 Å². The first-order valence-electron chi connectivity index (χ1n) is 2.80. The molecule has 0 saturated carbocycles. The van der Waals surface area contributed by atoms with Gasteiger partial charge in [-0.1, -0.05) is 0 Å². The number of hydrogen-bond acceptors (Lipinski definition) is 2. The van der Waals surface area contributed by atoms with E-state index in [0.29, 0.717) is 21.4 Å². The first kappa shape index (κ1) is 9.88. The van der Waals surface area contributed by atoms with Crippen molar-refractivity contribution in [3.63, 3.8) is 0 Å². The molecule has 0 aliphatic carbocycles. The molecule has 0 amide bonds. The Morgan fingerprint density at radius 1 is 1.90 bits per heavy atom. The molecule has 60 valence electrons. The van der Waals surface area contributed by atoms with Gasteiger partial charge in [-0.2, -0.15) is 0 Å². The fraction of sp³-hybridized carbons (Fsp3) is 0.800. The number of carboxylic acid groups (broad SMARTS) is 1. The molecule has 0 unspecified atom stereocenters. The third kappa shape index (κ3) is 3.82. The minimum atomic E-state index is -1.12. The number of hydrogen-bond donors (Lipinski definition) is 2. The first-order valence-corrected chi connectivity index (χ1v) is 5.72. The molecule has 0 aromatic rings. The Kier molecular flexibility index (Phi) is 5.58. The quantitative estimate of drug-likeness (QED) is 0.516. The van der Waals surface area contributed by atoms with Gasteiger partial charge in [0.25, 0.3) is 0 Å². The van der Waals surface area contributed by atoms with Gasteiger partial charge in [0, 0.05) is 0 Å². The molecule has 3 nitrogen and oxygen atoms in total. The number of aliphatic carboxylic acids is 1. The van der Waals surface area contributed by atoms with E-state index in [1.807, 2.05) is 5.82 Å². The van der Waals surface area contributed by atoms with Crippen LogP contribution in [0.15, 0.2) is 0 Å². The van der Waals surface area contributed by atoms with E-state index < -0.39 is 12.0 Å². The molecule has 0 aliphatic rings. The number of halogens is 1. The van der Waals surface area contributed by atoms with Gasteiger partial charge >= 0.3 is 64.5 Å². The molecule has 0 aromatic heterocycles. The molecule has 0 saturated heterocycles. The Hall–Kier alpha value is -0.121. The summed E-state index contributed by atoms with van der Waals surface area (Å²) >= 11 is 0.421. The van der Waals surface area contributed by atoms with E-state index in [1.165, 1.54) is 5.54 Å². The van der Waals surface area contributed by atoms with E-state index in [9.17, 15) is 9.28 Å². The van der Waals surface area contributed by atoms with E-state index in [1.54, 1.807) is 0 Å². The van der Waals surface area contributed by atoms with Crippen LogP contribution >= 0.6 is 0 Å². The summed E-state index contributed by atoms with van der Waals surface area (Å²) in [6.07, 6.45) is 0.377. The molecule has 0 fully saturated rings. The average Bonchev–Trinajstić information content (AvgIpc) is 1.89. The summed E-state index contributed by atoms with van der Waals surface area (Å²) in [5.41, 5.74) is 1.25. The number of carbonyl (C=O) groups is 1. The second-order valence-corrected chi connectivity index (χ2v) is 3.85. The zero-order valence-electron chi connectivity index (χ0n) is 5.63. The van der Waals surface area contributed by atoms with Crippen LogP contribution in [0.25, 0.3) is 0 Å². The van der Waals surface area contributed by atoms with Crippen LogP contribution in [0.4, 0.5) is 4.48 Å². The van der Waals surface area contributed by atoms with Gasteiger partial charge in [0.15, 0.2) is 0 Å². The van der Waals surface area contributed by atoms with E-state index in [-0.39, 0.29) is 0 Å². The number of nitrogens with one attached hydrogen (secondary N) is 1. The summed E-state index contributed by atoms with van der Waals surface area (Å²) < 4.78 is 11.6. The summed E-state index contributed by atoms with van der Waals surface area (Å²) in [4.78, 5) is 10.1. The summed E-state index contributed by atoms with van der Waals surface area (Å²) in [5.74, 6) is 0.871. The summed E-state index contributed by atoms with van der Waals surface area (Å²) in [6.45, 7) is 0. The van der Waals surface area contributed by atoms with Crippen molar-refractivity contribution >= 4 is 20.9 Å². The van der Waals surface area contributed by atoms with Gasteiger partial charge in [0.05, 0.1) is 0 Å². The fourth-order valence-electron chi connectivity index (χ4n) is 0.460. The van der Waals surface area contributed by atoms with E-state index >= 15 is 0 Å². The monoisotopic (exact) mass is 215 g/mol. The Morgan fingerprint density at radius 3 is 2.80 bits per heavy atom. The van der Waals surface area contributed by atoms with Crippen molar-refractivity contribution in [3.8, 4) is 0 Å². The topological polar surface area (TPSA) is 49.3 Å². The molecule has 0 rings (SSSR count). The van der Waals surface area contributed by atoms with Gasteiger partial charge in [-0.15, -0.1) is 0 Å². The molecular weight excluding hydrogens is 204 g/mol. The third-order valence-corrected chi connectivity index (χ3v) is 2.39. The van der Waals surface area contributed by atoms with Crippen LogP contribution in [0.1, 0.15) is 6.42 Å². The van der Waals surface area contributed by atoms with Crippen LogP contribution < -0.4 is 5.54 Å². The average molecular weight is 214 g/mol. The molecule has 0 aliphatic heterocycles. The van der Waals surface area contributed by atoms with Crippen molar-refractivity contribution in [1.29, 1.82) is 0 Å². The van der Waals surface area contributed by atoms with Crippen molar-refractivity contribution in [1.82, 2.24) is 5.54 Å². The summed E-state index contributed by atoms with van der Waals surface area (Å²) in [5, 5.41) is 9.10. The van der Waals surface area contributed by atoms with Crippen LogP contribution in [0.5, 0.6) is 0 Å². The van der Waals surface area contributed by atoms with E-state index in [2.05, 4.69) is 0 Å². The first-order chi connectivity index (χ1) is 4.72. The molecule has 0 heterocycles. The minimum absolute atomic E-state index is 0.377. The van der Waals surface area contributed by atoms with Crippen LogP contribution in [-0.4, -0.2) is 32.1 Å². The van der Waals surface area contributed by atoms with Crippen LogP contribution in [0.2, 0.25) is 11.1 Å². The maximum atomic E-state index is 11.6. The maximum absolute atomic E-state index is 11.6. The Labute approximate surface area is 65.1 Å². The van der Waals surface area contributed by atoms with Crippen molar-refractivity contribution in [3.05, 3.63) is 0 Å². The molecule has 0 spiro atoms. The van der Waals surface area contributed by atoms with Crippen molar-refractivity contribution in [2.24, 2.45) is 0 Å². The molecular formula is C5H10FNO2Se. The number of carboxylic acids is 1. The molecule has 0 bridgehead atoms. The molecule has 10 heavy (non-hydrogen) atoms. The second kappa shape index (κ2) is 5.65. The molecule has 5 heteroatoms. The standard InChI is InChI=1S/C5H10FNO2Se/c1-10-3-2-4(7-6)5(8)9/h4,7H,2-3H2,1H3,(H,8,9)/t4-/m0/s1. The van der Waals surface area contributed by atoms with E-state index in [0.717, 1.165) is 5.32 Å². The van der Waals surface area contributed by atoms with Crippen LogP contribution in [0.3, 0.4) is 0 Å². The van der Waals surface area contributed by atoms with Crippen molar-refractivity contribution in [2.45, 2.75) is 23.6 Å². The Balaban J connectivity index is 3.50. The van der Waals surface area contributed by atoms with Crippen molar-refractivity contribution in [2.75, 3.05) is 0 Å². The van der Waals surface area contributed by atoms with Gasteiger partial charge < -0.3 is 0 Å².